The van der Waals surface area contributed by atoms with E-state index in [4.69, 9.17) is 9.47 Å². The Balaban J connectivity index is 2.04. The van der Waals surface area contributed by atoms with Crippen molar-refractivity contribution in [1.82, 2.24) is 5.16 Å². The molecule has 0 fully saturated rings. The van der Waals surface area contributed by atoms with Crippen LogP contribution >= 0.6 is 0 Å². The summed E-state index contributed by atoms with van der Waals surface area (Å²) in [6, 6.07) is 1.77. The van der Waals surface area contributed by atoms with Crippen molar-refractivity contribution >= 4 is 0 Å². The van der Waals surface area contributed by atoms with Gasteiger partial charge in [-0.1, -0.05) is 5.16 Å². The molecule has 0 saturated carbocycles. The topological polar surface area (TPSA) is 44.5 Å². The molecule has 4 nitrogen and oxygen atoms in total. The van der Waals surface area contributed by atoms with Gasteiger partial charge in [0.1, 0.15) is 12.0 Å². The van der Waals surface area contributed by atoms with Gasteiger partial charge in [0.15, 0.2) is 0 Å². The molecular weight excluding hydrogens is 146 g/mol. The van der Waals surface area contributed by atoms with Crippen LogP contribution in [0.3, 0.4) is 0 Å². The maximum absolute atomic E-state index is 5.17. The summed E-state index contributed by atoms with van der Waals surface area (Å²) in [4.78, 5) is 0. The molecule has 0 aliphatic heterocycles. The second kappa shape index (κ2) is 4.87. The van der Waals surface area contributed by atoms with E-state index in [2.05, 4.69) is 9.68 Å². The summed E-state index contributed by atoms with van der Waals surface area (Å²) >= 11 is 0. The minimum absolute atomic E-state index is 0.486. The predicted octanol–water partition coefficient (Wildman–Crippen LogP) is 0.838. The molecule has 0 aliphatic rings. The van der Waals surface area contributed by atoms with Crippen molar-refractivity contribution < 1.29 is 14.0 Å². The molecule has 11 heavy (non-hydrogen) atoms. The molecule has 0 radical (unpaired) electrons. The molecule has 0 aliphatic carbocycles. The summed E-state index contributed by atoms with van der Waals surface area (Å²) in [5.74, 6) is 0. The van der Waals surface area contributed by atoms with Crippen molar-refractivity contribution in [2.75, 3.05) is 20.3 Å². The monoisotopic (exact) mass is 157 g/mol. The third-order valence-corrected chi connectivity index (χ3v) is 1.17. The normalized spacial score (nSPS) is 10.3. The van der Waals surface area contributed by atoms with Crippen LogP contribution in [0.25, 0.3) is 0 Å². The molecule has 0 bridgehead atoms. The highest BCUT2D eigenvalue weighted by molar-refractivity contribution is 4.92. The quantitative estimate of drug-likeness (QED) is 0.594. The van der Waals surface area contributed by atoms with E-state index < -0.39 is 0 Å². The third-order valence-electron chi connectivity index (χ3n) is 1.17. The van der Waals surface area contributed by atoms with Gasteiger partial charge < -0.3 is 14.0 Å². The summed E-state index contributed by atoms with van der Waals surface area (Å²) < 4.78 is 14.6. The van der Waals surface area contributed by atoms with Crippen LogP contribution in [0.1, 0.15) is 5.69 Å². The second-order valence-corrected chi connectivity index (χ2v) is 2.04. The first-order chi connectivity index (χ1) is 5.43. The first-order valence-electron chi connectivity index (χ1n) is 3.39. The van der Waals surface area contributed by atoms with E-state index in [0.717, 1.165) is 5.69 Å². The van der Waals surface area contributed by atoms with Crippen LogP contribution in [-0.4, -0.2) is 25.5 Å². The van der Waals surface area contributed by atoms with E-state index in [-0.39, 0.29) is 0 Å². The number of nitrogens with zero attached hydrogens (tertiary/aromatic N) is 1. The molecule has 62 valence electrons. The summed E-state index contributed by atoms with van der Waals surface area (Å²) in [5.41, 5.74) is 0.807. The maximum Gasteiger partial charge on any atom is 0.124 e. The van der Waals surface area contributed by atoms with Crippen LogP contribution in [0, 0.1) is 0 Å². The fraction of sp³-hybridized carbons (Fsp3) is 0.571. The minimum Gasteiger partial charge on any atom is -0.382 e. The second-order valence-electron chi connectivity index (χ2n) is 2.04. The number of methoxy groups -OCH3 is 1. The Morgan fingerprint density at radius 1 is 1.55 bits per heavy atom. The van der Waals surface area contributed by atoms with Crippen molar-refractivity contribution in [2.45, 2.75) is 6.61 Å². The molecule has 4 heteroatoms. The Bertz CT molecular complexity index is 174. The first-order valence-corrected chi connectivity index (χ1v) is 3.39. The van der Waals surface area contributed by atoms with E-state index in [1.165, 1.54) is 6.26 Å². The number of hydrogen-bond acceptors (Lipinski definition) is 4. The third kappa shape index (κ3) is 3.15. The van der Waals surface area contributed by atoms with Gasteiger partial charge in [0, 0.05) is 13.2 Å². The highest BCUT2D eigenvalue weighted by Crippen LogP contribution is 1.95. The fourth-order valence-electron chi connectivity index (χ4n) is 0.631. The van der Waals surface area contributed by atoms with E-state index in [9.17, 15) is 0 Å². The van der Waals surface area contributed by atoms with E-state index in [0.29, 0.717) is 19.8 Å². The van der Waals surface area contributed by atoms with Crippen LogP contribution in [0.2, 0.25) is 0 Å². The van der Waals surface area contributed by atoms with Gasteiger partial charge in [-0.3, -0.25) is 0 Å². The number of aromatic nitrogens is 1. The zero-order valence-electron chi connectivity index (χ0n) is 6.45. The Labute approximate surface area is 65.1 Å². The van der Waals surface area contributed by atoms with Gasteiger partial charge in [0.2, 0.25) is 0 Å². The van der Waals surface area contributed by atoms with Crippen LogP contribution in [0.5, 0.6) is 0 Å². The van der Waals surface area contributed by atoms with Crippen LogP contribution in [-0.2, 0) is 16.1 Å². The van der Waals surface area contributed by atoms with Crippen molar-refractivity contribution in [3.63, 3.8) is 0 Å². The standard InChI is InChI=1S/C7H11NO3/c1-9-4-5-10-6-7-2-3-11-8-7/h2-3H,4-6H2,1H3. The molecule has 0 aromatic carbocycles. The summed E-state index contributed by atoms with van der Waals surface area (Å²) in [7, 11) is 1.64. The lowest BCUT2D eigenvalue weighted by molar-refractivity contribution is 0.0590. The molecule has 1 aromatic rings. The average molecular weight is 157 g/mol. The highest BCUT2D eigenvalue weighted by atomic mass is 16.5. The fourth-order valence-corrected chi connectivity index (χ4v) is 0.631. The smallest absolute Gasteiger partial charge is 0.124 e. The zero-order chi connectivity index (χ0) is 7.94. The van der Waals surface area contributed by atoms with Crippen molar-refractivity contribution in [3.8, 4) is 0 Å². The maximum atomic E-state index is 5.17. The molecule has 1 rings (SSSR count). The largest absolute Gasteiger partial charge is 0.382 e. The average Bonchev–Trinajstić information content (AvgIpc) is 2.50. The van der Waals surface area contributed by atoms with Gasteiger partial charge in [0.25, 0.3) is 0 Å². The molecule has 0 amide bonds. The van der Waals surface area contributed by atoms with E-state index >= 15 is 0 Å². The van der Waals surface area contributed by atoms with Gasteiger partial charge in [-0.25, -0.2) is 0 Å². The van der Waals surface area contributed by atoms with Gasteiger partial charge >= 0.3 is 0 Å². The minimum atomic E-state index is 0.486. The molecule has 0 saturated heterocycles. The van der Waals surface area contributed by atoms with Crippen LogP contribution in [0.15, 0.2) is 16.9 Å². The number of ether oxygens (including phenoxy) is 2. The molecule has 1 heterocycles. The summed E-state index contributed by atoms with van der Waals surface area (Å²) in [5, 5.41) is 3.67. The lowest BCUT2D eigenvalue weighted by Gasteiger charge is -1.98. The molecular formula is C7H11NO3. The summed E-state index contributed by atoms with van der Waals surface area (Å²) in [6.45, 7) is 1.68. The van der Waals surface area contributed by atoms with Crippen molar-refractivity contribution in [1.29, 1.82) is 0 Å². The molecule has 0 atom stereocenters. The lowest BCUT2D eigenvalue weighted by Crippen LogP contribution is -2.01. The lowest BCUT2D eigenvalue weighted by atomic mass is 10.5. The van der Waals surface area contributed by atoms with E-state index in [1.807, 2.05) is 0 Å². The number of rotatable bonds is 5. The highest BCUT2D eigenvalue weighted by Gasteiger charge is 1.94. The van der Waals surface area contributed by atoms with Gasteiger partial charge in [-0.05, 0) is 0 Å². The van der Waals surface area contributed by atoms with Gasteiger partial charge in [-0.15, -0.1) is 0 Å². The molecule has 0 spiro atoms. The Morgan fingerprint density at radius 2 is 2.45 bits per heavy atom. The first kappa shape index (κ1) is 8.23. The Hall–Kier alpha value is -0.870. The molecule has 0 N–H and O–H groups in total. The Kier molecular flexibility index (Phi) is 3.64. The van der Waals surface area contributed by atoms with Gasteiger partial charge in [-0.2, -0.15) is 0 Å². The van der Waals surface area contributed by atoms with Crippen molar-refractivity contribution in [3.05, 3.63) is 18.0 Å². The van der Waals surface area contributed by atoms with Gasteiger partial charge in [0.05, 0.1) is 19.8 Å². The van der Waals surface area contributed by atoms with E-state index in [1.54, 1.807) is 13.2 Å². The molecule has 0 unspecified atom stereocenters. The van der Waals surface area contributed by atoms with Crippen LogP contribution < -0.4 is 0 Å². The molecule has 1 aromatic heterocycles. The Morgan fingerprint density at radius 3 is 3.09 bits per heavy atom. The van der Waals surface area contributed by atoms with Crippen molar-refractivity contribution in [2.24, 2.45) is 0 Å². The summed E-state index contributed by atoms with van der Waals surface area (Å²) in [6.07, 6.45) is 1.52. The SMILES string of the molecule is COCCOCc1ccon1. The zero-order valence-corrected chi connectivity index (χ0v) is 6.45. The number of hydrogen-bond donors (Lipinski definition) is 0. The predicted molar refractivity (Wildman–Crippen MR) is 38.0 cm³/mol. The van der Waals surface area contributed by atoms with Crippen LogP contribution in [0.4, 0.5) is 0 Å².